The summed E-state index contributed by atoms with van der Waals surface area (Å²) in [7, 11) is 0. The van der Waals surface area contributed by atoms with E-state index in [1.54, 1.807) is 71.3 Å². The average molecular weight is 1630 g/mol. The van der Waals surface area contributed by atoms with Crippen molar-refractivity contribution < 1.29 is 13.3 Å². The molecule has 0 radical (unpaired) electrons. The van der Waals surface area contributed by atoms with Crippen LogP contribution in [0, 0.1) is 5.92 Å². The molecule has 10 aromatic rings. The normalized spacial score (nSPS) is 9.43. The van der Waals surface area contributed by atoms with Crippen LogP contribution in [0.15, 0.2) is 149 Å². The molecule has 2 N–H and O–H groups in total. The molecule has 0 bridgehead atoms. The standard InChI is InChI=1S/C7H11N.2C6H10N2.3C6H9NO.5C6H9NS.11C2H6/c1-6(2)7-3-4-8-5-7;2*1-5(2)6-3-4-7-8-6;1-5(2)6-3-8-4-7-6;1-5(2)6-3-7-4-8-6;1-5(2)6-7-3-4-8-6;1-5(2)6-3-8-4-7-6;1-5(2)6-3-7-4-8-6;1-5(2)6-3-7-8-4-6;1-5(2)6-7-3-4-8-6;1-5(2)6-3-4-8-7-6;11*1-2/h3,5-6H,4H2,1-2H3;2*3-5H,1-2H3,(H,7,8);8*3-5H,1-2H3;11*1-2H3. The van der Waals surface area contributed by atoms with Gasteiger partial charge in [0, 0.05) is 92.7 Å². The molecular formula is C89H169N13O3S5. The molecule has 110 heavy (non-hydrogen) atoms. The SMILES string of the molecule is CC.CC.CC.CC.CC.CC.CC.CC.CC.CC.CC.CC(C)C1=CCN=C1.CC(C)c1ccn[nH]1.CC(C)c1ccn[nH]1.CC(C)c1ccsn1.CC(C)c1cnco1.CC(C)c1cncs1.CC(C)c1cnsc1.CC(C)c1cocn1.CC(C)c1cscn1.CC(C)c1ncco1.CC(C)c1nccs1. The lowest BCUT2D eigenvalue weighted by molar-refractivity contribution is 0.471. The Balaban J connectivity index is -0.000000106. The van der Waals surface area contributed by atoms with Crippen molar-refractivity contribution in [3.63, 3.8) is 0 Å². The van der Waals surface area contributed by atoms with Crippen LogP contribution in [0.2, 0.25) is 0 Å². The summed E-state index contributed by atoms with van der Waals surface area (Å²) in [6.45, 7) is 91.8. The van der Waals surface area contributed by atoms with Crippen molar-refractivity contribution in [3.8, 4) is 0 Å². The highest BCUT2D eigenvalue weighted by atomic mass is 32.1. The van der Waals surface area contributed by atoms with E-state index >= 15 is 0 Å². The molecule has 0 fully saturated rings. The van der Waals surface area contributed by atoms with E-state index < -0.39 is 0 Å². The van der Waals surface area contributed by atoms with Crippen molar-refractivity contribution >= 4 is 63.3 Å². The topological polar surface area (TPSA) is 212 Å². The number of aliphatic imine (C=N–C) groups is 1. The summed E-state index contributed by atoms with van der Waals surface area (Å²) in [6.07, 6.45) is 23.0. The molecule has 0 atom stereocenters. The van der Waals surface area contributed by atoms with E-state index in [2.05, 4.69) is 225 Å². The fourth-order valence-corrected chi connectivity index (χ4v) is 9.38. The maximum Gasteiger partial charge on any atom is 0.196 e. The molecule has 16 nitrogen and oxygen atoms in total. The number of aromatic nitrogens is 12. The number of rotatable bonds is 11. The Morgan fingerprint density at radius 2 is 0.927 bits per heavy atom. The Hall–Kier alpha value is -6.39. The third-order valence-electron chi connectivity index (χ3n) is 11.8. The minimum absolute atomic E-state index is 0.407. The van der Waals surface area contributed by atoms with Gasteiger partial charge in [-0.05, 0) is 99.7 Å². The molecule has 0 saturated carbocycles. The summed E-state index contributed by atoms with van der Waals surface area (Å²) in [5.41, 5.74) is 12.3. The summed E-state index contributed by atoms with van der Waals surface area (Å²) in [6, 6.07) is 6.05. The zero-order chi connectivity index (χ0) is 87.8. The van der Waals surface area contributed by atoms with Crippen LogP contribution in [-0.4, -0.2) is 71.8 Å². The van der Waals surface area contributed by atoms with Crippen LogP contribution >= 0.6 is 57.1 Å². The first-order valence-electron chi connectivity index (χ1n) is 41.1. The summed E-state index contributed by atoms with van der Waals surface area (Å²) in [4.78, 5) is 29.3. The van der Waals surface area contributed by atoms with Gasteiger partial charge in [-0.2, -0.15) is 14.6 Å². The highest BCUT2D eigenvalue weighted by Crippen LogP contribution is 2.19. The van der Waals surface area contributed by atoms with Gasteiger partial charge in [0.25, 0.3) is 0 Å². The van der Waals surface area contributed by atoms with Crippen LogP contribution in [0.1, 0.15) is 419 Å². The van der Waals surface area contributed by atoms with Crippen molar-refractivity contribution in [2.24, 2.45) is 10.9 Å². The number of nitrogens with one attached hydrogen (secondary N) is 2. The van der Waals surface area contributed by atoms with E-state index in [4.69, 9.17) is 13.3 Å². The molecule has 1 aliphatic rings. The third-order valence-corrected chi connectivity index (χ3v) is 15.7. The molecule has 0 unspecified atom stereocenters. The lowest BCUT2D eigenvalue weighted by atomic mass is 10.1. The second-order valence-corrected chi connectivity index (χ2v) is 27.1. The number of hydrogen-bond acceptors (Lipinski definition) is 19. The fourth-order valence-electron chi connectivity index (χ4n) is 6.02. The Kier molecular flexibility index (Phi) is 114. The number of nitrogens with zero attached hydrogens (tertiary/aromatic N) is 11. The van der Waals surface area contributed by atoms with Gasteiger partial charge in [-0.1, -0.05) is 311 Å². The first kappa shape index (κ1) is 127. The number of H-pyrrole nitrogens is 2. The van der Waals surface area contributed by atoms with Crippen molar-refractivity contribution in [1.29, 1.82) is 0 Å². The number of hydrogen-bond donors (Lipinski definition) is 2. The van der Waals surface area contributed by atoms with Crippen molar-refractivity contribution in [2.75, 3.05) is 6.54 Å². The Bertz CT molecular complexity index is 2390. The molecule has 0 amide bonds. The number of aromatic amines is 2. The maximum absolute atomic E-state index is 4.98. The first-order valence-corrected chi connectivity index (χ1v) is 45.5. The molecule has 11 rings (SSSR count). The predicted molar refractivity (Wildman–Crippen MR) is 499 cm³/mol. The molecule has 0 saturated heterocycles. The Labute approximate surface area is 698 Å². The molecular weight excluding hydrogens is 1460 g/mol. The highest BCUT2D eigenvalue weighted by Gasteiger charge is 2.05. The number of allylic oxidation sites excluding steroid dienone is 1. The number of oxazole rings is 3. The molecule has 10 aromatic heterocycles. The van der Waals surface area contributed by atoms with E-state index in [-0.39, 0.29) is 0 Å². The van der Waals surface area contributed by atoms with E-state index in [0.29, 0.717) is 65.1 Å². The minimum atomic E-state index is 0.407. The zero-order valence-electron chi connectivity index (χ0n) is 78.4. The molecule has 0 aromatic carbocycles. The van der Waals surface area contributed by atoms with Crippen LogP contribution in [0.3, 0.4) is 0 Å². The van der Waals surface area contributed by atoms with Crippen LogP contribution in [0.5, 0.6) is 0 Å². The van der Waals surface area contributed by atoms with Crippen molar-refractivity contribution in [2.45, 2.75) is 364 Å². The van der Waals surface area contributed by atoms with E-state index in [0.717, 1.165) is 23.9 Å². The van der Waals surface area contributed by atoms with Gasteiger partial charge in [-0.15, -0.1) is 34.0 Å². The molecule has 11 heterocycles. The third kappa shape index (κ3) is 78.3. The average Bonchev–Trinajstić information content (AvgIpc) is 2.08. The van der Waals surface area contributed by atoms with Gasteiger partial charge in [0.05, 0.1) is 52.0 Å². The van der Waals surface area contributed by atoms with Crippen LogP contribution in [-0.2, 0) is 0 Å². The monoisotopic (exact) mass is 1630 g/mol. The van der Waals surface area contributed by atoms with Gasteiger partial charge in [0.15, 0.2) is 18.7 Å². The minimum Gasteiger partial charge on any atom is -0.451 e. The van der Waals surface area contributed by atoms with Crippen LogP contribution in [0.25, 0.3) is 0 Å². The van der Waals surface area contributed by atoms with Gasteiger partial charge in [-0.3, -0.25) is 20.2 Å². The van der Waals surface area contributed by atoms with Gasteiger partial charge in [0.1, 0.15) is 18.3 Å². The molecule has 21 heteroatoms. The molecule has 638 valence electrons. The van der Waals surface area contributed by atoms with E-state index in [9.17, 15) is 0 Å². The van der Waals surface area contributed by atoms with E-state index in [1.165, 1.54) is 79.6 Å². The molecule has 1 aliphatic heterocycles. The summed E-state index contributed by atoms with van der Waals surface area (Å²) < 4.78 is 22.9. The van der Waals surface area contributed by atoms with Gasteiger partial charge >= 0.3 is 0 Å². The second-order valence-electron chi connectivity index (χ2n) is 23.2. The molecule has 0 aliphatic carbocycles. The Morgan fingerprint density at radius 1 is 0.400 bits per heavy atom. The lowest BCUT2D eigenvalue weighted by Crippen LogP contribution is -1.90. The van der Waals surface area contributed by atoms with Crippen molar-refractivity contribution in [3.05, 3.63) is 187 Å². The summed E-state index contributed by atoms with van der Waals surface area (Å²) in [5.74, 6) is 7.93. The second kappa shape index (κ2) is 98.7. The zero-order valence-corrected chi connectivity index (χ0v) is 82.5. The van der Waals surface area contributed by atoms with Gasteiger partial charge < -0.3 is 13.3 Å². The smallest absolute Gasteiger partial charge is 0.196 e. The van der Waals surface area contributed by atoms with Crippen LogP contribution < -0.4 is 0 Å². The largest absolute Gasteiger partial charge is 0.451 e. The quantitative estimate of drug-likeness (QED) is 0.124. The highest BCUT2D eigenvalue weighted by molar-refractivity contribution is 7.10. The Morgan fingerprint density at radius 3 is 1.11 bits per heavy atom. The maximum atomic E-state index is 4.98. The van der Waals surface area contributed by atoms with Gasteiger partial charge in [0.2, 0.25) is 0 Å². The van der Waals surface area contributed by atoms with Crippen molar-refractivity contribution in [1.82, 2.24) is 59.0 Å². The van der Waals surface area contributed by atoms with Crippen LogP contribution in [0.4, 0.5) is 0 Å². The lowest BCUT2D eigenvalue weighted by Gasteiger charge is -1.98. The van der Waals surface area contributed by atoms with E-state index in [1.807, 2.05) is 225 Å². The van der Waals surface area contributed by atoms with Gasteiger partial charge in [-0.25, -0.2) is 29.3 Å². The fraction of sp³-hybridized carbons (Fsp3) is 0.629. The predicted octanol–water partition coefficient (Wildman–Crippen LogP) is 32.7. The summed E-state index contributed by atoms with van der Waals surface area (Å²) >= 11 is 8.13. The number of thiazole rings is 3. The first-order chi connectivity index (χ1) is 52.8. The summed E-state index contributed by atoms with van der Waals surface area (Å²) in [5, 5.41) is 22.8. The molecule has 0 spiro atoms.